The molecule has 5 nitrogen and oxygen atoms in total. The van der Waals surface area contributed by atoms with Gasteiger partial charge in [-0.25, -0.2) is 0 Å². The molecule has 5 heteroatoms. The lowest BCUT2D eigenvalue weighted by molar-refractivity contribution is -0.127. The molecule has 0 unspecified atom stereocenters. The Kier molecular flexibility index (Phi) is 9.22. The van der Waals surface area contributed by atoms with Gasteiger partial charge in [0.1, 0.15) is 0 Å². The highest BCUT2D eigenvalue weighted by Gasteiger charge is 2.27. The van der Waals surface area contributed by atoms with Gasteiger partial charge in [-0.15, -0.1) is 0 Å². The van der Waals surface area contributed by atoms with E-state index in [1.807, 2.05) is 0 Å². The molecule has 1 saturated carbocycles. The largest absolute Gasteiger partial charge is 0.355 e. The number of likely N-dealkylation sites (N-methyl/N-ethyl adjacent to an activating group) is 1. The van der Waals surface area contributed by atoms with Crippen LogP contribution in [0.4, 0.5) is 0 Å². The van der Waals surface area contributed by atoms with Crippen molar-refractivity contribution < 1.29 is 9.59 Å². The fraction of sp³-hybridized carbons (Fsp3) is 0.889. The highest BCUT2D eigenvalue weighted by atomic mass is 16.2. The van der Waals surface area contributed by atoms with Crippen molar-refractivity contribution >= 4 is 11.8 Å². The first kappa shape index (κ1) is 19.9. The second-order valence-corrected chi connectivity index (χ2v) is 6.82. The third-order valence-electron chi connectivity index (χ3n) is 5.28. The number of nitrogens with zero attached hydrogens (tertiary/aromatic N) is 1. The summed E-state index contributed by atoms with van der Waals surface area (Å²) in [5, 5.41) is 6.02. The number of nitrogens with one attached hydrogen (secondary N) is 2. The number of carbonyl (C=O) groups is 2. The first-order valence-electron chi connectivity index (χ1n) is 9.26. The van der Waals surface area contributed by atoms with Crippen molar-refractivity contribution in [2.75, 3.05) is 26.2 Å². The minimum atomic E-state index is -0.0302. The average molecular weight is 325 g/mol. The number of carbonyl (C=O) groups excluding carboxylic acids is 2. The predicted octanol–water partition coefficient (Wildman–Crippen LogP) is 2.17. The molecule has 1 fully saturated rings. The van der Waals surface area contributed by atoms with Crippen LogP contribution in [0.2, 0.25) is 0 Å². The molecular formula is C18H35N3O2. The first-order chi connectivity index (χ1) is 11.0. The van der Waals surface area contributed by atoms with Crippen LogP contribution in [-0.2, 0) is 9.59 Å². The van der Waals surface area contributed by atoms with Crippen molar-refractivity contribution in [1.29, 1.82) is 0 Å². The predicted molar refractivity (Wildman–Crippen MR) is 94.1 cm³/mol. The molecule has 0 radical (unpaired) electrons. The van der Waals surface area contributed by atoms with Crippen LogP contribution in [-0.4, -0.2) is 48.9 Å². The summed E-state index contributed by atoms with van der Waals surface area (Å²) in [5.74, 6) is 1.17. The molecule has 0 heterocycles. The number of hydrogen-bond acceptors (Lipinski definition) is 3. The Hall–Kier alpha value is -1.10. The minimum absolute atomic E-state index is 0.00911. The van der Waals surface area contributed by atoms with Crippen LogP contribution in [0.1, 0.15) is 59.8 Å². The van der Waals surface area contributed by atoms with Crippen LogP contribution in [0, 0.1) is 11.8 Å². The van der Waals surface area contributed by atoms with Crippen molar-refractivity contribution in [3.8, 4) is 0 Å². The van der Waals surface area contributed by atoms with E-state index in [2.05, 4.69) is 43.2 Å². The molecule has 0 aromatic rings. The highest BCUT2D eigenvalue weighted by molar-refractivity contribution is 5.83. The molecule has 23 heavy (non-hydrogen) atoms. The molecule has 0 saturated heterocycles. The van der Waals surface area contributed by atoms with Crippen molar-refractivity contribution in [2.24, 2.45) is 11.8 Å². The lowest BCUT2D eigenvalue weighted by Gasteiger charge is -2.34. The molecule has 1 aliphatic rings. The lowest BCUT2D eigenvalue weighted by atomic mass is 9.78. The monoisotopic (exact) mass is 325 g/mol. The van der Waals surface area contributed by atoms with Crippen LogP contribution in [0.3, 0.4) is 0 Å². The van der Waals surface area contributed by atoms with Crippen molar-refractivity contribution in [1.82, 2.24) is 15.5 Å². The van der Waals surface area contributed by atoms with Crippen LogP contribution in [0.25, 0.3) is 0 Å². The SMILES string of the molecule is CCN(CC)CCNC(=O)CCC(=O)N[C@H]1CCC[C@@H](C)[C@@H]1C. The summed E-state index contributed by atoms with van der Waals surface area (Å²) in [6.07, 6.45) is 4.06. The summed E-state index contributed by atoms with van der Waals surface area (Å²) in [6, 6.07) is 0.275. The van der Waals surface area contributed by atoms with Gasteiger partial charge in [0.25, 0.3) is 0 Å². The van der Waals surface area contributed by atoms with E-state index in [0.717, 1.165) is 26.1 Å². The molecule has 0 bridgehead atoms. The summed E-state index contributed by atoms with van der Waals surface area (Å²) in [5.41, 5.74) is 0. The maximum atomic E-state index is 12.0. The molecule has 0 aromatic carbocycles. The van der Waals surface area contributed by atoms with Gasteiger partial charge in [-0.1, -0.05) is 40.5 Å². The highest BCUT2D eigenvalue weighted by Crippen LogP contribution is 2.29. The third-order valence-corrected chi connectivity index (χ3v) is 5.28. The smallest absolute Gasteiger partial charge is 0.220 e. The van der Waals surface area contributed by atoms with Gasteiger partial charge in [-0.3, -0.25) is 9.59 Å². The Morgan fingerprint density at radius 2 is 1.70 bits per heavy atom. The van der Waals surface area contributed by atoms with E-state index in [9.17, 15) is 9.59 Å². The van der Waals surface area contributed by atoms with Gasteiger partial charge in [0.15, 0.2) is 0 Å². The van der Waals surface area contributed by atoms with E-state index >= 15 is 0 Å². The Bertz CT molecular complexity index is 369. The fourth-order valence-corrected chi connectivity index (χ4v) is 3.27. The molecule has 0 aromatic heterocycles. The van der Waals surface area contributed by atoms with Crippen LogP contribution >= 0.6 is 0 Å². The molecule has 2 N–H and O–H groups in total. The van der Waals surface area contributed by atoms with Crippen molar-refractivity contribution in [2.45, 2.75) is 65.8 Å². The quantitative estimate of drug-likeness (QED) is 0.683. The van der Waals surface area contributed by atoms with Crippen molar-refractivity contribution in [3.05, 3.63) is 0 Å². The maximum absolute atomic E-state index is 12.0. The summed E-state index contributed by atoms with van der Waals surface area (Å²) in [6.45, 7) is 12.2. The van der Waals surface area contributed by atoms with E-state index in [-0.39, 0.29) is 30.7 Å². The van der Waals surface area contributed by atoms with Crippen molar-refractivity contribution in [3.63, 3.8) is 0 Å². The first-order valence-corrected chi connectivity index (χ1v) is 9.26. The van der Waals surface area contributed by atoms with Gasteiger partial charge in [0, 0.05) is 32.0 Å². The second kappa shape index (κ2) is 10.6. The lowest BCUT2D eigenvalue weighted by Crippen LogP contribution is -2.44. The molecule has 1 aliphatic carbocycles. The van der Waals surface area contributed by atoms with Gasteiger partial charge in [-0.2, -0.15) is 0 Å². The standard InChI is InChI=1S/C18H35N3O2/c1-5-21(6-2)13-12-19-17(22)10-11-18(23)20-16-9-7-8-14(3)15(16)4/h14-16H,5-13H2,1-4H3,(H,19,22)(H,20,23)/t14-,15+,16+/m1/s1. The number of amides is 2. The van der Waals surface area contributed by atoms with Crippen LogP contribution < -0.4 is 10.6 Å². The minimum Gasteiger partial charge on any atom is -0.355 e. The maximum Gasteiger partial charge on any atom is 0.220 e. The van der Waals surface area contributed by atoms with E-state index in [1.165, 1.54) is 12.8 Å². The molecule has 1 rings (SSSR count). The van der Waals surface area contributed by atoms with Gasteiger partial charge >= 0.3 is 0 Å². The van der Waals surface area contributed by atoms with Crippen LogP contribution in [0.5, 0.6) is 0 Å². The van der Waals surface area contributed by atoms with Crippen LogP contribution in [0.15, 0.2) is 0 Å². The Balaban J connectivity index is 2.18. The Morgan fingerprint density at radius 3 is 2.35 bits per heavy atom. The number of hydrogen-bond donors (Lipinski definition) is 2. The summed E-state index contributed by atoms with van der Waals surface area (Å²) < 4.78 is 0. The zero-order valence-corrected chi connectivity index (χ0v) is 15.4. The Morgan fingerprint density at radius 1 is 1.04 bits per heavy atom. The topological polar surface area (TPSA) is 61.4 Å². The van der Waals surface area contributed by atoms with E-state index in [1.54, 1.807) is 0 Å². The van der Waals surface area contributed by atoms with E-state index < -0.39 is 0 Å². The van der Waals surface area contributed by atoms with Gasteiger partial charge < -0.3 is 15.5 Å². The second-order valence-electron chi connectivity index (χ2n) is 6.82. The van der Waals surface area contributed by atoms with Gasteiger partial charge in [0.05, 0.1) is 0 Å². The van der Waals surface area contributed by atoms with Gasteiger partial charge in [0.2, 0.25) is 11.8 Å². The average Bonchev–Trinajstić information content (AvgIpc) is 2.54. The molecule has 2 amide bonds. The zero-order valence-electron chi connectivity index (χ0n) is 15.4. The Labute approximate surface area is 141 Å². The zero-order chi connectivity index (χ0) is 17.2. The molecule has 0 spiro atoms. The third kappa shape index (κ3) is 7.34. The summed E-state index contributed by atoms with van der Waals surface area (Å²) >= 11 is 0. The summed E-state index contributed by atoms with van der Waals surface area (Å²) in [4.78, 5) is 26.1. The number of rotatable bonds is 9. The van der Waals surface area contributed by atoms with E-state index in [4.69, 9.17) is 0 Å². The fourth-order valence-electron chi connectivity index (χ4n) is 3.27. The molecule has 3 atom stereocenters. The normalized spacial score (nSPS) is 24.5. The van der Waals surface area contributed by atoms with Gasteiger partial charge in [-0.05, 0) is 31.3 Å². The molecule has 0 aliphatic heterocycles. The van der Waals surface area contributed by atoms with E-state index in [0.29, 0.717) is 18.4 Å². The molecule has 134 valence electrons. The molecular weight excluding hydrogens is 290 g/mol. The summed E-state index contributed by atoms with van der Waals surface area (Å²) in [7, 11) is 0.